The zero-order valence-corrected chi connectivity index (χ0v) is 19.4. The Bertz CT molecular complexity index is 1190. The molecule has 8 heteroatoms. The number of nitrogens with one attached hydrogen (secondary N) is 1. The number of aromatic nitrogens is 2. The van der Waals surface area contributed by atoms with E-state index in [9.17, 15) is 9.50 Å². The quantitative estimate of drug-likeness (QED) is 0.599. The zero-order valence-electron chi connectivity index (χ0n) is 19.4. The fraction of sp³-hybridized carbons (Fsp3) is 0.462. The lowest BCUT2D eigenvalue weighted by atomic mass is 10.0. The van der Waals surface area contributed by atoms with Crippen molar-refractivity contribution in [3.63, 3.8) is 0 Å². The van der Waals surface area contributed by atoms with Gasteiger partial charge in [-0.1, -0.05) is 12.1 Å². The Kier molecular flexibility index (Phi) is 5.50. The summed E-state index contributed by atoms with van der Waals surface area (Å²) in [4.78, 5) is 14.2. The van der Waals surface area contributed by atoms with E-state index in [2.05, 4.69) is 22.2 Å². The van der Waals surface area contributed by atoms with E-state index in [1.807, 2.05) is 18.2 Å². The van der Waals surface area contributed by atoms with Gasteiger partial charge in [-0.05, 0) is 69.1 Å². The van der Waals surface area contributed by atoms with Crippen molar-refractivity contribution in [2.24, 2.45) is 0 Å². The number of ether oxygens (including phenoxy) is 1. The lowest BCUT2D eigenvalue weighted by Crippen LogP contribution is -2.51. The van der Waals surface area contributed by atoms with Gasteiger partial charge in [0, 0.05) is 36.6 Å². The maximum atomic E-state index is 14.6. The third-order valence-electron chi connectivity index (χ3n) is 7.53. The Hall–Kier alpha value is -2.97. The molecule has 0 radical (unpaired) electrons. The van der Waals surface area contributed by atoms with Crippen LogP contribution < -0.4 is 15.0 Å². The monoisotopic (exact) mass is 463 g/mol. The largest absolute Gasteiger partial charge is 0.507 e. The van der Waals surface area contributed by atoms with Gasteiger partial charge >= 0.3 is 6.01 Å². The molecule has 0 spiro atoms. The van der Waals surface area contributed by atoms with Gasteiger partial charge in [0.25, 0.3) is 0 Å². The number of halogens is 1. The van der Waals surface area contributed by atoms with Crippen molar-refractivity contribution in [3.8, 4) is 22.9 Å². The van der Waals surface area contributed by atoms with Gasteiger partial charge in [-0.3, -0.25) is 0 Å². The minimum atomic E-state index is -0.465. The van der Waals surface area contributed by atoms with E-state index in [0.29, 0.717) is 41.8 Å². The Balaban J connectivity index is 1.41. The van der Waals surface area contributed by atoms with E-state index < -0.39 is 5.82 Å². The zero-order chi connectivity index (χ0) is 23.2. The minimum absolute atomic E-state index is 0.0898. The summed E-state index contributed by atoms with van der Waals surface area (Å²) in [6.07, 6.45) is 4.64. The van der Waals surface area contributed by atoms with Crippen LogP contribution in [0.3, 0.4) is 0 Å². The molecule has 2 aromatic carbocycles. The number of hydrogen-bond acceptors (Lipinski definition) is 7. The first-order valence-corrected chi connectivity index (χ1v) is 12.2. The van der Waals surface area contributed by atoms with Gasteiger partial charge in [0.2, 0.25) is 0 Å². The number of aromatic hydroxyl groups is 1. The predicted octanol–water partition coefficient (Wildman–Crippen LogP) is 3.56. The maximum Gasteiger partial charge on any atom is 0.319 e. The summed E-state index contributed by atoms with van der Waals surface area (Å²) in [5.41, 5.74) is 1.44. The number of fused-ring (bicyclic) bond motifs is 3. The van der Waals surface area contributed by atoms with E-state index in [0.717, 1.165) is 37.3 Å². The number of likely N-dealkylation sites (tertiary alicyclic amines) is 1. The molecule has 3 aliphatic rings. The first kappa shape index (κ1) is 21.6. The number of rotatable bonds is 5. The molecule has 0 aliphatic carbocycles. The lowest BCUT2D eigenvalue weighted by Gasteiger charge is -2.34. The van der Waals surface area contributed by atoms with Crippen LogP contribution in [0.4, 0.5) is 10.2 Å². The minimum Gasteiger partial charge on any atom is -0.507 e. The number of hydrogen-bond donors (Lipinski definition) is 2. The van der Waals surface area contributed by atoms with Crippen LogP contribution in [-0.4, -0.2) is 71.4 Å². The van der Waals surface area contributed by atoms with Crippen molar-refractivity contribution in [3.05, 3.63) is 42.2 Å². The number of nitrogens with zero attached hydrogens (tertiary/aromatic N) is 4. The smallest absolute Gasteiger partial charge is 0.319 e. The van der Waals surface area contributed by atoms with E-state index in [1.54, 1.807) is 0 Å². The highest BCUT2D eigenvalue weighted by Gasteiger charge is 2.34. The van der Waals surface area contributed by atoms with Crippen molar-refractivity contribution in [1.82, 2.24) is 20.2 Å². The Morgan fingerprint density at radius 3 is 2.68 bits per heavy atom. The second kappa shape index (κ2) is 8.67. The highest BCUT2D eigenvalue weighted by Crippen LogP contribution is 2.36. The average molecular weight is 464 g/mol. The number of likely N-dealkylation sites (N-methyl/N-ethyl adjacent to an activating group) is 1. The molecule has 3 aliphatic heterocycles. The molecule has 0 saturated carbocycles. The fourth-order valence-electron chi connectivity index (χ4n) is 5.68. The highest BCUT2D eigenvalue weighted by atomic mass is 19.1. The third-order valence-corrected chi connectivity index (χ3v) is 7.53. The van der Waals surface area contributed by atoms with Crippen LogP contribution in [0.15, 0.2) is 36.4 Å². The fourth-order valence-corrected chi connectivity index (χ4v) is 5.68. The van der Waals surface area contributed by atoms with E-state index in [4.69, 9.17) is 14.7 Å². The van der Waals surface area contributed by atoms with Crippen LogP contribution in [0.1, 0.15) is 25.7 Å². The third kappa shape index (κ3) is 3.95. The molecule has 1 aromatic heterocycles. The van der Waals surface area contributed by atoms with Gasteiger partial charge in [0.1, 0.15) is 24.0 Å². The predicted molar refractivity (Wildman–Crippen MR) is 130 cm³/mol. The Morgan fingerprint density at radius 2 is 1.94 bits per heavy atom. The molecular weight excluding hydrogens is 433 g/mol. The lowest BCUT2D eigenvalue weighted by molar-refractivity contribution is 0.188. The average Bonchev–Trinajstić information content (AvgIpc) is 3.40. The summed E-state index contributed by atoms with van der Waals surface area (Å²) in [6, 6.07) is 11.6. The van der Waals surface area contributed by atoms with Crippen molar-refractivity contribution in [2.75, 3.05) is 38.2 Å². The first-order chi connectivity index (χ1) is 16.5. The van der Waals surface area contributed by atoms with Crippen LogP contribution in [0, 0.1) is 5.82 Å². The van der Waals surface area contributed by atoms with Gasteiger partial charge < -0.3 is 25.0 Å². The van der Waals surface area contributed by atoms with Gasteiger partial charge in [-0.2, -0.15) is 9.97 Å². The Morgan fingerprint density at radius 1 is 1.12 bits per heavy atom. The molecule has 3 aromatic rings. The summed E-state index contributed by atoms with van der Waals surface area (Å²) < 4.78 is 20.7. The van der Waals surface area contributed by atoms with E-state index in [1.165, 1.54) is 37.5 Å². The maximum absolute atomic E-state index is 14.6. The van der Waals surface area contributed by atoms with Gasteiger partial charge in [0.05, 0.1) is 11.1 Å². The number of phenolic OH excluding ortho intramolecular Hbond substituents is 1. The number of phenols is 1. The normalized spacial score (nSPS) is 24.8. The molecule has 34 heavy (non-hydrogen) atoms. The molecule has 2 N–H and O–H groups in total. The molecule has 2 bridgehead atoms. The summed E-state index contributed by atoms with van der Waals surface area (Å²) in [6.45, 7) is 3.41. The molecule has 0 amide bonds. The van der Waals surface area contributed by atoms with E-state index >= 15 is 0 Å². The topological polar surface area (TPSA) is 73.8 Å². The van der Waals surface area contributed by atoms with Gasteiger partial charge in [0.15, 0.2) is 0 Å². The van der Waals surface area contributed by atoms with Crippen LogP contribution >= 0.6 is 0 Å². The SMILES string of the molecule is CN1CCC[C@H]1COc1nc(N2C[C@H]3CC[C@@H](C2)N3)c2ccc(-c3c(O)cccc3F)cc2n1. The first-order valence-electron chi connectivity index (χ1n) is 12.2. The number of piperazine rings is 1. The summed E-state index contributed by atoms with van der Waals surface area (Å²) in [5, 5.41) is 14.9. The van der Waals surface area contributed by atoms with Crippen LogP contribution in [0.25, 0.3) is 22.0 Å². The second-order valence-corrected chi connectivity index (χ2v) is 9.83. The van der Waals surface area contributed by atoms with Crippen LogP contribution in [0.2, 0.25) is 0 Å². The van der Waals surface area contributed by atoms with Crippen LogP contribution in [-0.2, 0) is 0 Å². The second-order valence-electron chi connectivity index (χ2n) is 9.83. The van der Waals surface area contributed by atoms with E-state index in [-0.39, 0.29) is 11.3 Å². The summed E-state index contributed by atoms with van der Waals surface area (Å²) in [5.74, 6) is 0.309. The molecule has 0 unspecified atom stereocenters. The number of anilines is 1. The summed E-state index contributed by atoms with van der Waals surface area (Å²) >= 11 is 0. The molecule has 178 valence electrons. The molecule has 6 rings (SSSR count). The summed E-state index contributed by atoms with van der Waals surface area (Å²) in [7, 11) is 2.12. The van der Waals surface area contributed by atoms with Crippen molar-refractivity contribution >= 4 is 16.7 Å². The molecule has 4 heterocycles. The number of benzene rings is 2. The highest BCUT2D eigenvalue weighted by molar-refractivity contribution is 5.93. The van der Waals surface area contributed by atoms with Gasteiger partial charge in [-0.15, -0.1) is 0 Å². The molecule has 3 atom stereocenters. The standard InChI is InChI=1S/C26H30FN5O2/c1-31-11-3-4-19(31)15-34-26-29-22-12-16(24-21(27)5-2-6-23(24)33)7-10-20(22)25(30-26)32-13-17-8-9-18(14-32)28-17/h2,5-7,10,12,17-19,28,33H,3-4,8-9,11,13-15H2,1H3/t17-,18+,19-/m0/s1. The van der Waals surface area contributed by atoms with Crippen molar-refractivity contribution < 1.29 is 14.2 Å². The van der Waals surface area contributed by atoms with Crippen molar-refractivity contribution in [2.45, 2.75) is 43.8 Å². The van der Waals surface area contributed by atoms with Gasteiger partial charge in [-0.25, -0.2) is 4.39 Å². The molecular formula is C26H30FN5O2. The molecule has 3 fully saturated rings. The van der Waals surface area contributed by atoms with Crippen LogP contribution in [0.5, 0.6) is 11.8 Å². The van der Waals surface area contributed by atoms with Crippen molar-refractivity contribution in [1.29, 1.82) is 0 Å². The molecule has 7 nitrogen and oxygen atoms in total. The Labute approximate surface area is 198 Å². The molecule has 3 saturated heterocycles.